The molecule has 0 radical (unpaired) electrons. The number of hydrogen-bond donors (Lipinski definition) is 0. The zero-order chi connectivity index (χ0) is 9.42. The van der Waals surface area contributed by atoms with Gasteiger partial charge in [0.2, 0.25) is 0 Å². The monoisotopic (exact) mass is 178 g/mol. The summed E-state index contributed by atoms with van der Waals surface area (Å²) in [7, 11) is 1.27. The molecule has 5 heteroatoms. The van der Waals surface area contributed by atoms with Gasteiger partial charge in [-0.1, -0.05) is 5.16 Å². The largest absolute Gasteiger partial charge is 0.623 e. The molecule has 0 amide bonds. The molecule has 2 rings (SSSR count). The smallest absolute Gasteiger partial charge is 0.271 e. The molecular formula is C8H6N2O3. The van der Waals surface area contributed by atoms with Gasteiger partial charge in [-0.05, 0) is 12.2 Å². The van der Waals surface area contributed by atoms with Crippen LogP contribution in [0.3, 0.4) is 0 Å². The molecule has 0 atom stereocenters. The second-order valence-electron chi connectivity index (χ2n) is 2.66. The van der Waals surface area contributed by atoms with E-state index in [0.717, 1.165) is 0 Å². The standard InChI is InChI=1S/C8H6N2O3/c1-10(12)8-5-4-13-9-6(5)2-3-7(8)11/h2-4H,1H3. The predicted octanol–water partition coefficient (Wildman–Crippen LogP) is 0.200. The first-order chi connectivity index (χ1) is 6.20. The van der Waals surface area contributed by atoms with Gasteiger partial charge in [-0.15, -0.1) is 0 Å². The Balaban J connectivity index is 2.69. The van der Waals surface area contributed by atoms with Crippen molar-refractivity contribution in [1.82, 2.24) is 5.16 Å². The molecule has 0 bridgehead atoms. The van der Waals surface area contributed by atoms with Crippen LogP contribution in [-0.4, -0.2) is 28.4 Å². The fourth-order valence-electron chi connectivity index (χ4n) is 1.23. The quantitative estimate of drug-likeness (QED) is 0.323. The second-order valence-corrected chi connectivity index (χ2v) is 2.66. The summed E-state index contributed by atoms with van der Waals surface area (Å²) in [4.78, 5) is 11.3. The fraction of sp³-hybridized carbons (Fsp3) is 0.125. The van der Waals surface area contributed by atoms with E-state index in [-0.39, 0.29) is 11.5 Å². The molecule has 0 spiro atoms. The first-order valence-corrected chi connectivity index (χ1v) is 3.65. The van der Waals surface area contributed by atoms with Crippen LogP contribution < -0.4 is 0 Å². The Bertz CT molecular complexity index is 424. The Kier molecular flexibility index (Phi) is 1.51. The van der Waals surface area contributed by atoms with Crippen LogP contribution in [0.1, 0.15) is 11.3 Å². The normalized spacial score (nSPS) is 18.7. The molecule has 0 aliphatic heterocycles. The summed E-state index contributed by atoms with van der Waals surface area (Å²) in [6.07, 6.45) is 4.11. The van der Waals surface area contributed by atoms with Crippen molar-refractivity contribution in [1.29, 1.82) is 0 Å². The topological polar surface area (TPSA) is 69.2 Å². The van der Waals surface area contributed by atoms with Gasteiger partial charge in [-0.2, -0.15) is 0 Å². The average molecular weight is 178 g/mol. The molecule has 0 unspecified atom stereocenters. The maximum absolute atomic E-state index is 11.3. The van der Waals surface area contributed by atoms with Crippen molar-refractivity contribution in [3.63, 3.8) is 0 Å². The highest BCUT2D eigenvalue weighted by Gasteiger charge is 2.27. The van der Waals surface area contributed by atoms with Crippen molar-refractivity contribution >= 4 is 17.6 Å². The van der Waals surface area contributed by atoms with Gasteiger partial charge in [-0.3, -0.25) is 4.79 Å². The molecule has 0 aromatic carbocycles. The number of rotatable bonds is 0. The summed E-state index contributed by atoms with van der Waals surface area (Å²) in [6.45, 7) is 0. The average Bonchev–Trinajstić information content (AvgIpc) is 2.50. The Hall–Kier alpha value is -1.91. The molecule has 0 saturated heterocycles. The minimum Gasteiger partial charge on any atom is -0.623 e. The van der Waals surface area contributed by atoms with Crippen molar-refractivity contribution in [2.24, 2.45) is 0 Å². The fourth-order valence-corrected chi connectivity index (χ4v) is 1.23. The van der Waals surface area contributed by atoms with Gasteiger partial charge >= 0.3 is 0 Å². The molecule has 1 aliphatic rings. The van der Waals surface area contributed by atoms with Crippen molar-refractivity contribution in [3.05, 3.63) is 28.8 Å². The van der Waals surface area contributed by atoms with Crippen molar-refractivity contribution in [2.75, 3.05) is 7.05 Å². The highest BCUT2D eigenvalue weighted by molar-refractivity contribution is 6.50. The number of ketones is 1. The molecule has 5 nitrogen and oxygen atoms in total. The number of carbonyl (C=O) groups excluding carboxylic acids is 1. The molecule has 13 heavy (non-hydrogen) atoms. The van der Waals surface area contributed by atoms with Crippen LogP contribution in [0.25, 0.3) is 6.08 Å². The summed E-state index contributed by atoms with van der Waals surface area (Å²) in [6, 6.07) is 0. The second kappa shape index (κ2) is 2.55. The highest BCUT2D eigenvalue weighted by Crippen LogP contribution is 2.15. The third kappa shape index (κ3) is 1.05. The van der Waals surface area contributed by atoms with Crippen LogP contribution >= 0.6 is 0 Å². The number of allylic oxidation sites excluding steroid dienone is 1. The van der Waals surface area contributed by atoms with Crippen molar-refractivity contribution in [2.45, 2.75) is 0 Å². The van der Waals surface area contributed by atoms with Crippen LogP contribution in [0.2, 0.25) is 0 Å². The number of fused-ring (bicyclic) bond motifs is 1. The van der Waals surface area contributed by atoms with E-state index in [1.165, 1.54) is 25.5 Å². The lowest BCUT2D eigenvalue weighted by molar-refractivity contribution is -0.421. The Labute approximate surface area is 73.5 Å². The number of carbonyl (C=O) groups is 1. The Morgan fingerprint density at radius 1 is 1.54 bits per heavy atom. The van der Waals surface area contributed by atoms with Gasteiger partial charge in [0.15, 0.2) is 0 Å². The first-order valence-electron chi connectivity index (χ1n) is 3.65. The van der Waals surface area contributed by atoms with Gasteiger partial charge in [-0.25, -0.2) is 4.74 Å². The van der Waals surface area contributed by atoms with Crippen LogP contribution in [0.5, 0.6) is 0 Å². The molecular weight excluding hydrogens is 172 g/mol. The maximum atomic E-state index is 11.3. The van der Waals surface area contributed by atoms with E-state index in [0.29, 0.717) is 16.0 Å². The molecule has 1 aliphatic carbocycles. The van der Waals surface area contributed by atoms with Crippen LogP contribution in [0, 0.1) is 5.21 Å². The molecule has 1 heterocycles. The van der Waals surface area contributed by atoms with Gasteiger partial charge in [0.25, 0.3) is 11.5 Å². The minimum atomic E-state index is -0.326. The third-order valence-corrected chi connectivity index (χ3v) is 1.79. The first kappa shape index (κ1) is 7.72. The zero-order valence-corrected chi connectivity index (χ0v) is 6.85. The van der Waals surface area contributed by atoms with E-state index < -0.39 is 0 Å². The SMILES string of the molecule is C[N+]([O-])=C1C(=O)C=Cc2nocc21. The summed E-state index contributed by atoms with van der Waals surface area (Å²) in [5.41, 5.74) is 1.03. The maximum Gasteiger partial charge on any atom is 0.271 e. The summed E-state index contributed by atoms with van der Waals surface area (Å²) in [5, 5.41) is 14.6. The number of hydrogen-bond acceptors (Lipinski definition) is 4. The number of nitrogens with zero attached hydrogens (tertiary/aromatic N) is 2. The van der Waals surface area contributed by atoms with E-state index in [1.807, 2.05) is 0 Å². The molecule has 1 aromatic heterocycles. The molecule has 0 N–H and O–H groups in total. The lowest BCUT2D eigenvalue weighted by Gasteiger charge is -2.05. The van der Waals surface area contributed by atoms with Gasteiger partial charge in [0.1, 0.15) is 24.6 Å². The number of hydroxylamine groups is 1. The van der Waals surface area contributed by atoms with Crippen molar-refractivity contribution in [3.8, 4) is 0 Å². The van der Waals surface area contributed by atoms with E-state index >= 15 is 0 Å². The van der Waals surface area contributed by atoms with E-state index in [9.17, 15) is 10.0 Å². The van der Waals surface area contributed by atoms with Crippen LogP contribution in [-0.2, 0) is 4.79 Å². The molecule has 0 fully saturated rings. The molecule has 1 aromatic rings. The van der Waals surface area contributed by atoms with Gasteiger partial charge < -0.3 is 9.73 Å². The van der Waals surface area contributed by atoms with Crippen molar-refractivity contribution < 1.29 is 14.1 Å². The predicted molar refractivity (Wildman–Crippen MR) is 44.2 cm³/mol. The van der Waals surface area contributed by atoms with Crippen LogP contribution in [0.4, 0.5) is 0 Å². The van der Waals surface area contributed by atoms with Gasteiger partial charge in [0, 0.05) is 0 Å². The van der Waals surface area contributed by atoms with Gasteiger partial charge in [0.05, 0.1) is 0 Å². The lowest BCUT2D eigenvalue weighted by Crippen LogP contribution is -2.24. The van der Waals surface area contributed by atoms with E-state index in [4.69, 9.17) is 0 Å². The summed E-state index contributed by atoms with van der Waals surface area (Å²) in [5.74, 6) is -0.326. The summed E-state index contributed by atoms with van der Waals surface area (Å²) < 4.78 is 5.17. The molecule has 0 saturated carbocycles. The summed E-state index contributed by atoms with van der Waals surface area (Å²) >= 11 is 0. The minimum absolute atomic E-state index is 0.0683. The lowest BCUT2D eigenvalue weighted by atomic mass is 10.0. The Morgan fingerprint density at radius 2 is 2.31 bits per heavy atom. The third-order valence-electron chi connectivity index (χ3n) is 1.79. The van der Waals surface area contributed by atoms with E-state index in [2.05, 4.69) is 9.68 Å². The van der Waals surface area contributed by atoms with Crippen LogP contribution in [0.15, 0.2) is 16.9 Å². The number of aromatic nitrogens is 1. The zero-order valence-electron chi connectivity index (χ0n) is 6.85. The highest BCUT2D eigenvalue weighted by atomic mass is 16.5. The van der Waals surface area contributed by atoms with E-state index in [1.54, 1.807) is 0 Å². The Morgan fingerprint density at radius 3 is 3.00 bits per heavy atom. The molecule has 66 valence electrons.